The molecule has 130 valence electrons. The van der Waals surface area contributed by atoms with Crippen molar-refractivity contribution in [2.24, 2.45) is 0 Å². The Hall–Kier alpha value is -2.86. The molecule has 0 aliphatic carbocycles. The number of fused-ring (bicyclic) bond motifs is 1. The van der Waals surface area contributed by atoms with Gasteiger partial charge in [0.05, 0.1) is 11.4 Å². The predicted molar refractivity (Wildman–Crippen MR) is 101 cm³/mol. The summed E-state index contributed by atoms with van der Waals surface area (Å²) >= 11 is 0. The largest absolute Gasteiger partial charge is 0.283 e. The summed E-state index contributed by atoms with van der Waals surface area (Å²) in [7, 11) is -1.03. The molecule has 4 rings (SSSR count). The molecule has 6 heteroatoms. The van der Waals surface area contributed by atoms with Crippen molar-refractivity contribution in [1.82, 2.24) is 14.4 Å². The molecule has 2 heterocycles. The maximum absolute atomic E-state index is 13.3. The van der Waals surface area contributed by atoms with Crippen LogP contribution in [0.2, 0.25) is 0 Å². The Kier molecular flexibility index (Phi) is 4.12. The van der Waals surface area contributed by atoms with Crippen molar-refractivity contribution in [2.45, 2.75) is 11.8 Å². The van der Waals surface area contributed by atoms with E-state index in [1.807, 2.05) is 47.9 Å². The third-order valence-corrected chi connectivity index (χ3v) is 5.15. The number of hydrogen-bond acceptors (Lipinski definition) is 3. The molecule has 1 unspecified atom stereocenters. The number of nitrogens with zero attached hydrogens (tertiary/aromatic N) is 3. The summed E-state index contributed by atoms with van der Waals surface area (Å²) in [6, 6.07) is 15.7. The molecule has 0 aliphatic heterocycles. The first-order valence-corrected chi connectivity index (χ1v) is 9.64. The van der Waals surface area contributed by atoms with Crippen LogP contribution in [0.3, 0.4) is 0 Å². The molecular formula is C20H16FN3OS. The van der Waals surface area contributed by atoms with Crippen molar-refractivity contribution in [2.75, 3.05) is 6.26 Å². The van der Waals surface area contributed by atoms with Crippen LogP contribution in [-0.4, -0.2) is 24.8 Å². The molecular weight excluding hydrogens is 349 g/mol. The second-order valence-corrected chi connectivity index (χ2v) is 7.41. The Balaban J connectivity index is 1.97. The van der Waals surface area contributed by atoms with Gasteiger partial charge in [-0.3, -0.25) is 8.61 Å². The molecule has 0 N–H and O–H groups in total. The first-order chi connectivity index (χ1) is 12.5. The maximum Gasteiger partial charge on any atom is 0.235 e. The summed E-state index contributed by atoms with van der Waals surface area (Å²) in [5.41, 5.74) is 4.21. The number of aryl methyl sites for hydroxylation is 1. The molecule has 0 radical (unpaired) electrons. The van der Waals surface area contributed by atoms with Crippen LogP contribution in [0.25, 0.3) is 28.3 Å². The highest BCUT2D eigenvalue weighted by Crippen LogP contribution is 2.32. The fourth-order valence-electron chi connectivity index (χ4n) is 2.91. The molecule has 0 spiro atoms. The molecule has 0 amide bonds. The van der Waals surface area contributed by atoms with Crippen molar-refractivity contribution in [3.05, 3.63) is 72.3 Å². The minimum absolute atomic E-state index is 0.289. The standard InChI is InChI=1S/C20H16FN3OS/c1-13-11-12-24-19(15-5-9-17(10-6-15)26(2)25)18(23-20(24)22-13)14-3-7-16(21)8-4-14/h3-12H,1-2H3. The second-order valence-electron chi connectivity index (χ2n) is 6.03. The average Bonchev–Trinajstić information content (AvgIpc) is 3.00. The van der Waals surface area contributed by atoms with Gasteiger partial charge in [0.1, 0.15) is 5.82 Å². The van der Waals surface area contributed by atoms with Crippen LogP contribution in [0.15, 0.2) is 65.7 Å². The Morgan fingerprint density at radius 3 is 2.23 bits per heavy atom. The van der Waals surface area contributed by atoms with Gasteiger partial charge in [-0.25, -0.2) is 14.4 Å². The van der Waals surface area contributed by atoms with Gasteiger partial charge in [-0.1, -0.05) is 12.1 Å². The Morgan fingerprint density at radius 1 is 0.923 bits per heavy atom. The average molecular weight is 365 g/mol. The van der Waals surface area contributed by atoms with Crippen molar-refractivity contribution in [3.8, 4) is 22.5 Å². The van der Waals surface area contributed by atoms with E-state index in [2.05, 4.69) is 9.97 Å². The molecule has 0 fully saturated rings. The van der Waals surface area contributed by atoms with Gasteiger partial charge >= 0.3 is 0 Å². The lowest BCUT2D eigenvalue weighted by Crippen LogP contribution is -1.93. The van der Waals surface area contributed by atoms with E-state index in [1.54, 1.807) is 18.4 Å². The zero-order chi connectivity index (χ0) is 18.3. The summed E-state index contributed by atoms with van der Waals surface area (Å²) in [6.07, 6.45) is 3.58. The molecule has 4 aromatic rings. The van der Waals surface area contributed by atoms with Crippen LogP contribution < -0.4 is 0 Å². The monoisotopic (exact) mass is 365 g/mol. The second kappa shape index (κ2) is 6.46. The lowest BCUT2D eigenvalue weighted by Gasteiger charge is -2.07. The molecule has 0 saturated carbocycles. The summed E-state index contributed by atoms with van der Waals surface area (Å²) in [6.45, 7) is 1.91. The van der Waals surface area contributed by atoms with Crippen molar-refractivity contribution >= 4 is 16.6 Å². The predicted octanol–water partition coefficient (Wildman–Crippen LogP) is 4.25. The first-order valence-electron chi connectivity index (χ1n) is 8.08. The van der Waals surface area contributed by atoms with E-state index in [-0.39, 0.29) is 5.82 Å². The summed E-state index contributed by atoms with van der Waals surface area (Å²) in [4.78, 5) is 9.94. The smallest absolute Gasteiger partial charge is 0.235 e. The highest BCUT2D eigenvalue weighted by molar-refractivity contribution is 7.84. The van der Waals surface area contributed by atoms with Gasteiger partial charge in [0.15, 0.2) is 0 Å². The van der Waals surface area contributed by atoms with Gasteiger partial charge in [0.25, 0.3) is 0 Å². The molecule has 0 bridgehead atoms. The summed E-state index contributed by atoms with van der Waals surface area (Å²) < 4.78 is 26.9. The molecule has 26 heavy (non-hydrogen) atoms. The summed E-state index contributed by atoms with van der Waals surface area (Å²) in [5, 5.41) is 0. The summed E-state index contributed by atoms with van der Waals surface area (Å²) in [5.74, 6) is 0.297. The van der Waals surface area contributed by atoms with E-state index in [0.717, 1.165) is 33.1 Å². The van der Waals surface area contributed by atoms with Crippen molar-refractivity contribution < 1.29 is 8.60 Å². The third kappa shape index (κ3) is 2.93. The maximum atomic E-state index is 13.3. The van der Waals surface area contributed by atoms with E-state index >= 15 is 0 Å². The fourth-order valence-corrected chi connectivity index (χ4v) is 3.43. The van der Waals surface area contributed by atoms with Gasteiger partial charge in [0, 0.05) is 45.0 Å². The molecule has 2 aromatic heterocycles. The van der Waals surface area contributed by atoms with Gasteiger partial charge in [0.2, 0.25) is 5.78 Å². The van der Waals surface area contributed by atoms with E-state index in [1.165, 1.54) is 12.1 Å². The molecule has 2 aromatic carbocycles. The molecule has 0 aliphatic rings. The Bertz CT molecular complexity index is 1120. The van der Waals surface area contributed by atoms with Crippen LogP contribution in [0, 0.1) is 12.7 Å². The van der Waals surface area contributed by atoms with E-state index in [0.29, 0.717) is 5.78 Å². The Labute approximate surface area is 152 Å². The van der Waals surface area contributed by atoms with Gasteiger partial charge < -0.3 is 0 Å². The lowest BCUT2D eigenvalue weighted by atomic mass is 10.0. The number of imidazole rings is 1. The van der Waals surface area contributed by atoms with Gasteiger partial charge in [-0.2, -0.15) is 0 Å². The zero-order valence-electron chi connectivity index (χ0n) is 14.3. The SMILES string of the molecule is Cc1ccn2c(-c3ccc(S(C)=O)cc3)c(-c3ccc(F)cc3)nc2n1. The van der Waals surface area contributed by atoms with Crippen LogP contribution in [-0.2, 0) is 10.8 Å². The quantitative estimate of drug-likeness (QED) is 0.545. The fraction of sp³-hybridized carbons (Fsp3) is 0.100. The normalized spacial score (nSPS) is 12.4. The van der Waals surface area contributed by atoms with Crippen LogP contribution in [0.4, 0.5) is 4.39 Å². The zero-order valence-corrected chi connectivity index (χ0v) is 15.1. The molecule has 0 saturated heterocycles. The van der Waals surface area contributed by atoms with E-state index < -0.39 is 10.8 Å². The van der Waals surface area contributed by atoms with Crippen LogP contribution in [0.5, 0.6) is 0 Å². The highest BCUT2D eigenvalue weighted by Gasteiger charge is 2.17. The van der Waals surface area contributed by atoms with Crippen molar-refractivity contribution in [3.63, 3.8) is 0 Å². The lowest BCUT2D eigenvalue weighted by molar-refractivity contribution is 0.628. The van der Waals surface area contributed by atoms with Crippen molar-refractivity contribution in [1.29, 1.82) is 0 Å². The van der Waals surface area contributed by atoms with Crippen LogP contribution >= 0.6 is 0 Å². The van der Waals surface area contributed by atoms with E-state index in [4.69, 9.17) is 0 Å². The highest BCUT2D eigenvalue weighted by atomic mass is 32.2. The minimum atomic E-state index is -1.03. The first kappa shape index (κ1) is 16.6. The van der Waals surface area contributed by atoms with Gasteiger partial charge in [-0.15, -0.1) is 0 Å². The third-order valence-electron chi connectivity index (χ3n) is 4.21. The number of hydrogen-bond donors (Lipinski definition) is 0. The number of rotatable bonds is 3. The Morgan fingerprint density at radius 2 is 1.58 bits per heavy atom. The number of halogens is 1. The van der Waals surface area contributed by atoms with Gasteiger partial charge in [-0.05, 0) is 49.4 Å². The topological polar surface area (TPSA) is 47.3 Å². The number of aromatic nitrogens is 3. The van der Waals surface area contributed by atoms with Crippen LogP contribution in [0.1, 0.15) is 5.69 Å². The minimum Gasteiger partial charge on any atom is -0.283 e. The van der Waals surface area contributed by atoms with E-state index in [9.17, 15) is 8.60 Å². The number of benzene rings is 2. The molecule has 4 nitrogen and oxygen atoms in total. The molecule has 1 atom stereocenters.